The predicted octanol–water partition coefficient (Wildman–Crippen LogP) is 4.27. The average molecular weight is 468 g/mol. The normalized spacial score (nSPS) is 25.8. The number of piperazine rings is 1. The van der Waals surface area contributed by atoms with Crippen molar-refractivity contribution in [1.29, 1.82) is 5.26 Å². The summed E-state index contributed by atoms with van der Waals surface area (Å²) in [5.41, 5.74) is 1.46. The first kappa shape index (κ1) is 20.5. The molecule has 6 rings (SSSR count). The van der Waals surface area contributed by atoms with E-state index in [0.29, 0.717) is 29.2 Å². The fourth-order valence-corrected chi connectivity index (χ4v) is 5.47. The first-order valence-electron chi connectivity index (χ1n) is 11.0. The number of halogens is 3. The van der Waals surface area contributed by atoms with Crippen LogP contribution in [0, 0.1) is 28.9 Å². The Kier molecular flexibility index (Phi) is 4.82. The molecule has 4 heterocycles. The van der Waals surface area contributed by atoms with Crippen LogP contribution >= 0.6 is 11.6 Å². The Morgan fingerprint density at radius 1 is 1.24 bits per heavy atom. The minimum atomic E-state index is -0.616. The van der Waals surface area contributed by atoms with Crippen LogP contribution < -0.4 is 15.5 Å². The summed E-state index contributed by atoms with van der Waals surface area (Å²) >= 11 is 6.35. The van der Waals surface area contributed by atoms with Gasteiger partial charge in [0.25, 0.3) is 0 Å². The van der Waals surface area contributed by atoms with Crippen molar-refractivity contribution in [3.05, 3.63) is 46.7 Å². The first-order valence-corrected chi connectivity index (χ1v) is 11.4. The molecule has 10 heteroatoms. The SMILES string of the molecule is N#CC1CCC1c1ccc(Nc2ncnc3cc(F)c(N4C[C@@H]5C[C@H]4CN5)nc23)c(F)c1Cl. The maximum Gasteiger partial charge on any atom is 0.167 e. The van der Waals surface area contributed by atoms with Crippen LogP contribution in [0.3, 0.4) is 0 Å². The molecule has 3 fully saturated rings. The summed E-state index contributed by atoms with van der Waals surface area (Å²) < 4.78 is 30.1. The van der Waals surface area contributed by atoms with Gasteiger partial charge in [-0.25, -0.2) is 23.7 Å². The maximum absolute atomic E-state index is 15.2. The molecule has 2 bridgehead atoms. The minimum absolute atomic E-state index is 0.00333. The molecule has 0 amide bonds. The molecule has 4 atom stereocenters. The second-order valence-corrected chi connectivity index (χ2v) is 9.28. The molecule has 2 N–H and O–H groups in total. The zero-order valence-corrected chi connectivity index (χ0v) is 18.3. The topological polar surface area (TPSA) is 89.8 Å². The van der Waals surface area contributed by atoms with E-state index in [1.807, 2.05) is 4.90 Å². The molecule has 1 aliphatic carbocycles. The quantitative estimate of drug-likeness (QED) is 0.592. The largest absolute Gasteiger partial charge is 0.348 e. The number of hydrogen-bond acceptors (Lipinski definition) is 7. The van der Waals surface area contributed by atoms with Crippen molar-refractivity contribution in [3.63, 3.8) is 0 Å². The molecule has 2 saturated heterocycles. The van der Waals surface area contributed by atoms with Gasteiger partial charge in [-0.05, 0) is 30.9 Å². The number of benzene rings is 1. The van der Waals surface area contributed by atoms with E-state index in [2.05, 4.69) is 31.7 Å². The van der Waals surface area contributed by atoms with Crippen LogP contribution in [0.15, 0.2) is 24.5 Å². The van der Waals surface area contributed by atoms with Gasteiger partial charge >= 0.3 is 0 Å². The highest BCUT2D eigenvalue weighted by Gasteiger charge is 2.39. The minimum Gasteiger partial charge on any atom is -0.348 e. The van der Waals surface area contributed by atoms with Crippen molar-refractivity contribution in [2.75, 3.05) is 23.3 Å². The number of hydrogen-bond donors (Lipinski definition) is 2. The molecule has 1 saturated carbocycles. The van der Waals surface area contributed by atoms with Crippen molar-refractivity contribution < 1.29 is 8.78 Å². The van der Waals surface area contributed by atoms with E-state index in [1.54, 1.807) is 12.1 Å². The lowest BCUT2D eigenvalue weighted by atomic mass is 9.71. The Morgan fingerprint density at radius 2 is 2.12 bits per heavy atom. The van der Waals surface area contributed by atoms with Gasteiger partial charge in [0.05, 0.1) is 28.2 Å². The highest BCUT2D eigenvalue weighted by atomic mass is 35.5. The maximum atomic E-state index is 15.2. The molecule has 2 aliphatic heterocycles. The standard InChI is InChI=1S/C23H20ClF2N7/c24-19-15(14-2-1-11(14)7-27)3-4-17(20(19)26)31-22-21-18(29-10-30-22)6-16(25)23(32-21)33-9-12-5-13(33)8-28-12/h3-4,6,10-14,28H,1-2,5,8-9H2,(H,29,30,31)/t11?,12-,13-,14?/m0/s1. The van der Waals surface area contributed by atoms with Crippen LogP contribution in [0.1, 0.15) is 30.7 Å². The zero-order chi connectivity index (χ0) is 22.7. The van der Waals surface area contributed by atoms with Crippen LogP contribution in [0.4, 0.5) is 26.1 Å². The Balaban J connectivity index is 1.36. The number of pyridine rings is 1. The zero-order valence-electron chi connectivity index (χ0n) is 17.5. The van der Waals surface area contributed by atoms with E-state index in [-0.39, 0.29) is 40.2 Å². The van der Waals surface area contributed by atoms with Gasteiger partial charge in [0, 0.05) is 37.2 Å². The summed E-state index contributed by atoms with van der Waals surface area (Å²) in [7, 11) is 0. The van der Waals surface area contributed by atoms with Crippen molar-refractivity contribution in [2.24, 2.45) is 5.92 Å². The van der Waals surface area contributed by atoms with Gasteiger partial charge in [-0.3, -0.25) is 0 Å². The Bertz CT molecular complexity index is 1310. The fraction of sp³-hybridized carbons (Fsp3) is 0.391. The number of nitrogens with one attached hydrogen (secondary N) is 2. The molecule has 7 nitrogen and oxygen atoms in total. The Hall–Kier alpha value is -3.09. The summed E-state index contributed by atoms with van der Waals surface area (Å²) in [5.74, 6) is -0.718. The molecule has 0 radical (unpaired) electrons. The smallest absolute Gasteiger partial charge is 0.167 e. The van der Waals surface area contributed by atoms with Crippen LogP contribution in [-0.2, 0) is 0 Å². The summed E-state index contributed by atoms with van der Waals surface area (Å²) in [4.78, 5) is 14.9. The summed E-state index contributed by atoms with van der Waals surface area (Å²) in [6.07, 6.45) is 3.85. The predicted molar refractivity (Wildman–Crippen MR) is 121 cm³/mol. The third kappa shape index (κ3) is 3.28. The molecule has 3 aromatic rings. The molecule has 3 aliphatic rings. The van der Waals surface area contributed by atoms with Gasteiger partial charge in [0.1, 0.15) is 11.8 Å². The molecule has 1 aromatic carbocycles. The molecular formula is C23H20ClF2N7. The first-order chi connectivity index (χ1) is 16.0. The molecule has 168 valence electrons. The lowest BCUT2D eigenvalue weighted by molar-refractivity contribution is 0.324. The van der Waals surface area contributed by atoms with Crippen LogP contribution in [0.25, 0.3) is 11.0 Å². The summed E-state index contributed by atoms with van der Waals surface area (Å²) in [6, 6.07) is 7.47. The number of aromatic nitrogens is 3. The van der Waals surface area contributed by atoms with E-state index in [9.17, 15) is 9.65 Å². The molecule has 0 spiro atoms. The van der Waals surface area contributed by atoms with Crippen LogP contribution in [0.5, 0.6) is 0 Å². The van der Waals surface area contributed by atoms with Gasteiger partial charge in [-0.1, -0.05) is 17.7 Å². The number of nitrogens with zero attached hydrogens (tertiary/aromatic N) is 5. The van der Waals surface area contributed by atoms with Crippen molar-refractivity contribution >= 4 is 40.0 Å². The number of fused-ring (bicyclic) bond motifs is 3. The van der Waals surface area contributed by atoms with E-state index in [0.717, 1.165) is 25.8 Å². The van der Waals surface area contributed by atoms with Crippen molar-refractivity contribution in [3.8, 4) is 6.07 Å². The van der Waals surface area contributed by atoms with Crippen LogP contribution in [0.2, 0.25) is 5.02 Å². The number of rotatable bonds is 4. The third-order valence-electron chi connectivity index (χ3n) is 7.08. The average Bonchev–Trinajstić information content (AvgIpc) is 3.42. The molecule has 33 heavy (non-hydrogen) atoms. The van der Waals surface area contributed by atoms with E-state index >= 15 is 4.39 Å². The summed E-state index contributed by atoms with van der Waals surface area (Å²) in [6.45, 7) is 1.48. The third-order valence-corrected chi connectivity index (χ3v) is 7.46. The summed E-state index contributed by atoms with van der Waals surface area (Å²) in [5, 5.41) is 15.6. The van der Waals surface area contributed by atoms with Gasteiger partial charge in [0.15, 0.2) is 23.3 Å². The fourth-order valence-electron chi connectivity index (χ4n) is 5.17. The molecule has 2 aromatic heterocycles. The molecular weight excluding hydrogens is 448 g/mol. The lowest BCUT2D eigenvalue weighted by Gasteiger charge is -2.32. The Morgan fingerprint density at radius 3 is 2.82 bits per heavy atom. The van der Waals surface area contributed by atoms with Gasteiger partial charge in [-0.15, -0.1) is 0 Å². The van der Waals surface area contributed by atoms with E-state index in [1.165, 1.54) is 12.4 Å². The highest BCUT2D eigenvalue weighted by molar-refractivity contribution is 6.32. The van der Waals surface area contributed by atoms with Crippen molar-refractivity contribution in [1.82, 2.24) is 20.3 Å². The van der Waals surface area contributed by atoms with E-state index < -0.39 is 11.6 Å². The van der Waals surface area contributed by atoms with Gasteiger partial charge < -0.3 is 15.5 Å². The van der Waals surface area contributed by atoms with Gasteiger partial charge in [-0.2, -0.15) is 5.26 Å². The van der Waals surface area contributed by atoms with Crippen molar-refractivity contribution in [2.45, 2.75) is 37.3 Å². The second kappa shape index (κ2) is 7.75. The monoisotopic (exact) mass is 467 g/mol. The highest BCUT2D eigenvalue weighted by Crippen LogP contribution is 2.46. The lowest BCUT2D eigenvalue weighted by Crippen LogP contribution is -2.44. The number of nitriles is 1. The Labute approximate surface area is 193 Å². The molecule has 2 unspecified atom stereocenters. The number of anilines is 3. The second-order valence-electron chi connectivity index (χ2n) is 8.91. The van der Waals surface area contributed by atoms with E-state index in [4.69, 9.17) is 11.6 Å². The van der Waals surface area contributed by atoms with Gasteiger partial charge in [0.2, 0.25) is 0 Å². The van der Waals surface area contributed by atoms with Crippen LogP contribution in [-0.4, -0.2) is 40.1 Å².